The molecule has 0 saturated heterocycles. The Morgan fingerprint density at radius 1 is 1.20 bits per heavy atom. The number of thioether (sulfide) groups is 1. The molecular weight excluding hydrogens is 280 g/mol. The molecule has 1 aliphatic heterocycles. The van der Waals surface area contributed by atoms with E-state index in [2.05, 4.69) is 0 Å². The molecule has 0 aliphatic carbocycles. The summed E-state index contributed by atoms with van der Waals surface area (Å²) in [6.07, 6.45) is 1.25. The summed E-state index contributed by atoms with van der Waals surface area (Å²) in [4.78, 5) is 11.8. The molecule has 6 heteroatoms. The van der Waals surface area contributed by atoms with Crippen molar-refractivity contribution in [3.63, 3.8) is 0 Å². The SMILES string of the molecule is O=C(O)c1coc(CSc2ccc3c(c2)OCCO3)c1. The number of carboxylic acid groups (broad SMARTS) is 1. The number of benzene rings is 1. The van der Waals surface area contributed by atoms with Gasteiger partial charge in [-0.05, 0) is 24.3 Å². The molecule has 2 heterocycles. The number of rotatable bonds is 4. The maximum atomic E-state index is 10.8. The fourth-order valence-electron chi connectivity index (χ4n) is 1.84. The Bertz CT molecular complexity index is 634. The van der Waals surface area contributed by atoms with Crippen LogP contribution in [0.15, 0.2) is 39.8 Å². The molecule has 2 aromatic rings. The van der Waals surface area contributed by atoms with Crippen LogP contribution in [0.2, 0.25) is 0 Å². The smallest absolute Gasteiger partial charge is 0.338 e. The number of hydrogen-bond acceptors (Lipinski definition) is 5. The molecule has 1 N–H and O–H groups in total. The second kappa shape index (κ2) is 5.50. The Morgan fingerprint density at radius 2 is 2.00 bits per heavy atom. The average molecular weight is 292 g/mol. The maximum absolute atomic E-state index is 10.8. The van der Waals surface area contributed by atoms with E-state index in [0.717, 1.165) is 16.4 Å². The van der Waals surface area contributed by atoms with Crippen LogP contribution in [0.1, 0.15) is 16.1 Å². The van der Waals surface area contributed by atoms with E-state index in [-0.39, 0.29) is 5.56 Å². The second-order valence-corrected chi connectivity index (χ2v) is 5.25. The Kier molecular flexibility index (Phi) is 3.56. The number of carboxylic acids is 1. The summed E-state index contributed by atoms with van der Waals surface area (Å²) in [7, 11) is 0. The number of fused-ring (bicyclic) bond motifs is 1. The highest BCUT2D eigenvalue weighted by molar-refractivity contribution is 7.98. The van der Waals surface area contributed by atoms with Crippen LogP contribution in [0, 0.1) is 0 Å². The zero-order valence-corrected chi connectivity index (χ0v) is 11.3. The van der Waals surface area contributed by atoms with Crippen molar-refractivity contribution < 1.29 is 23.8 Å². The molecular formula is C14H12O5S. The van der Waals surface area contributed by atoms with Crippen molar-refractivity contribution in [1.82, 2.24) is 0 Å². The van der Waals surface area contributed by atoms with Gasteiger partial charge in [-0.3, -0.25) is 0 Å². The molecule has 5 nitrogen and oxygen atoms in total. The van der Waals surface area contributed by atoms with Crippen molar-refractivity contribution in [3.8, 4) is 11.5 Å². The third-order valence-corrected chi connectivity index (χ3v) is 3.81. The first kappa shape index (κ1) is 12.9. The van der Waals surface area contributed by atoms with Crippen LogP contribution in [0.5, 0.6) is 11.5 Å². The minimum absolute atomic E-state index is 0.169. The molecule has 104 valence electrons. The zero-order valence-electron chi connectivity index (χ0n) is 10.5. The first-order valence-electron chi connectivity index (χ1n) is 6.05. The van der Waals surface area contributed by atoms with Gasteiger partial charge in [-0.1, -0.05) is 0 Å². The van der Waals surface area contributed by atoms with E-state index in [9.17, 15) is 4.79 Å². The van der Waals surface area contributed by atoms with Crippen LogP contribution in [-0.4, -0.2) is 24.3 Å². The molecule has 0 saturated carbocycles. The Balaban J connectivity index is 1.67. The molecule has 1 aliphatic rings. The molecule has 0 bridgehead atoms. The van der Waals surface area contributed by atoms with Gasteiger partial charge in [0, 0.05) is 4.90 Å². The molecule has 0 radical (unpaired) electrons. The number of furan rings is 1. The van der Waals surface area contributed by atoms with Gasteiger partial charge < -0.3 is 19.0 Å². The van der Waals surface area contributed by atoms with Crippen LogP contribution in [0.4, 0.5) is 0 Å². The molecule has 0 amide bonds. The second-order valence-electron chi connectivity index (χ2n) is 4.20. The van der Waals surface area contributed by atoms with E-state index in [4.69, 9.17) is 19.0 Å². The molecule has 0 atom stereocenters. The lowest BCUT2D eigenvalue weighted by Crippen LogP contribution is -2.15. The van der Waals surface area contributed by atoms with E-state index >= 15 is 0 Å². The third kappa shape index (κ3) is 2.75. The van der Waals surface area contributed by atoms with Gasteiger partial charge in [-0.15, -0.1) is 11.8 Å². The van der Waals surface area contributed by atoms with Crippen LogP contribution in [0.3, 0.4) is 0 Å². The van der Waals surface area contributed by atoms with Gasteiger partial charge in [0.05, 0.1) is 11.3 Å². The van der Waals surface area contributed by atoms with Crippen molar-refractivity contribution >= 4 is 17.7 Å². The molecule has 0 fully saturated rings. The molecule has 1 aromatic carbocycles. The van der Waals surface area contributed by atoms with E-state index in [1.54, 1.807) is 11.8 Å². The summed E-state index contributed by atoms with van der Waals surface area (Å²) in [6, 6.07) is 7.27. The van der Waals surface area contributed by atoms with Gasteiger partial charge in [-0.25, -0.2) is 4.79 Å². The van der Waals surface area contributed by atoms with Gasteiger partial charge >= 0.3 is 5.97 Å². The van der Waals surface area contributed by atoms with E-state index in [1.807, 2.05) is 18.2 Å². The summed E-state index contributed by atoms with van der Waals surface area (Å²) >= 11 is 1.55. The number of hydrogen-bond donors (Lipinski definition) is 1. The van der Waals surface area contributed by atoms with Crippen LogP contribution in [-0.2, 0) is 5.75 Å². The van der Waals surface area contributed by atoms with Gasteiger partial charge in [0.1, 0.15) is 25.2 Å². The van der Waals surface area contributed by atoms with E-state index in [1.165, 1.54) is 12.3 Å². The quantitative estimate of drug-likeness (QED) is 0.873. The lowest BCUT2D eigenvalue weighted by molar-refractivity contribution is 0.0696. The third-order valence-electron chi connectivity index (χ3n) is 2.80. The van der Waals surface area contributed by atoms with Crippen molar-refractivity contribution in [2.45, 2.75) is 10.6 Å². The lowest BCUT2D eigenvalue weighted by atomic mass is 10.3. The molecule has 20 heavy (non-hydrogen) atoms. The fraction of sp³-hybridized carbons (Fsp3) is 0.214. The number of carbonyl (C=O) groups is 1. The highest BCUT2D eigenvalue weighted by Gasteiger charge is 2.13. The predicted molar refractivity (Wildman–Crippen MR) is 72.7 cm³/mol. The highest BCUT2D eigenvalue weighted by atomic mass is 32.2. The van der Waals surface area contributed by atoms with Gasteiger partial charge in [0.25, 0.3) is 0 Å². The molecule has 0 unspecified atom stereocenters. The Labute approximate surface area is 119 Å². The first-order valence-corrected chi connectivity index (χ1v) is 7.04. The average Bonchev–Trinajstić information content (AvgIpc) is 2.94. The summed E-state index contributed by atoms with van der Waals surface area (Å²) in [5, 5.41) is 8.82. The Morgan fingerprint density at radius 3 is 2.75 bits per heavy atom. The van der Waals surface area contributed by atoms with Crippen LogP contribution < -0.4 is 9.47 Å². The highest BCUT2D eigenvalue weighted by Crippen LogP contribution is 2.35. The van der Waals surface area contributed by atoms with E-state index < -0.39 is 5.97 Å². The number of aromatic carboxylic acids is 1. The van der Waals surface area contributed by atoms with Crippen LogP contribution >= 0.6 is 11.8 Å². The summed E-state index contributed by atoms with van der Waals surface area (Å²) in [6.45, 7) is 1.13. The van der Waals surface area contributed by atoms with Gasteiger partial charge in [-0.2, -0.15) is 0 Å². The van der Waals surface area contributed by atoms with Crippen molar-refractivity contribution in [3.05, 3.63) is 41.9 Å². The van der Waals surface area contributed by atoms with E-state index in [0.29, 0.717) is 24.7 Å². The van der Waals surface area contributed by atoms with Gasteiger partial charge in [0.15, 0.2) is 11.5 Å². The topological polar surface area (TPSA) is 68.9 Å². The minimum Gasteiger partial charge on any atom is -0.486 e. The predicted octanol–water partition coefficient (Wildman–Crippen LogP) is 3.04. The summed E-state index contributed by atoms with van der Waals surface area (Å²) in [5.41, 5.74) is 0.169. The summed E-state index contributed by atoms with van der Waals surface area (Å²) < 4.78 is 16.2. The van der Waals surface area contributed by atoms with Crippen molar-refractivity contribution in [2.75, 3.05) is 13.2 Å². The monoisotopic (exact) mass is 292 g/mol. The first-order chi connectivity index (χ1) is 9.72. The fourth-order valence-corrected chi connectivity index (χ4v) is 2.65. The van der Waals surface area contributed by atoms with Crippen LogP contribution in [0.25, 0.3) is 0 Å². The Hall–Kier alpha value is -2.08. The normalized spacial score (nSPS) is 13.2. The molecule has 1 aromatic heterocycles. The van der Waals surface area contributed by atoms with Crippen molar-refractivity contribution in [1.29, 1.82) is 0 Å². The molecule has 0 spiro atoms. The van der Waals surface area contributed by atoms with Gasteiger partial charge in [0.2, 0.25) is 0 Å². The van der Waals surface area contributed by atoms with Crippen molar-refractivity contribution in [2.24, 2.45) is 0 Å². The summed E-state index contributed by atoms with van der Waals surface area (Å²) in [5.74, 6) is 1.71. The number of ether oxygens (including phenoxy) is 2. The maximum Gasteiger partial charge on any atom is 0.338 e. The minimum atomic E-state index is -0.982. The molecule has 3 rings (SSSR count). The zero-order chi connectivity index (χ0) is 13.9. The standard InChI is InChI=1S/C14H12O5S/c15-14(16)9-5-10(19-7-9)8-20-11-1-2-12-13(6-11)18-4-3-17-12/h1-2,5-7H,3-4,8H2,(H,15,16). The lowest BCUT2D eigenvalue weighted by Gasteiger charge is -2.18. The largest absolute Gasteiger partial charge is 0.486 e.